The van der Waals surface area contributed by atoms with E-state index in [1.807, 2.05) is 13.0 Å². The Bertz CT molecular complexity index is 349. The Hall–Kier alpha value is -1.39. The van der Waals surface area contributed by atoms with Crippen molar-refractivity contribution in [2.24, 2.45) is 0 Å². The van der Waals surface area contributed by atoms with E-state index in [4.69, 9.17) is 9.62 Å². The highest BCUT2D eigenvalue weighted by Gasteiger charge is 2.11. The number of rotatable bonds is 5. The fraction of sp³-hybridized carbons (Fsp3) is 0.333. The monoisotopic (exact) mass is 223 g/mol. The Morgan fingerprint density at radius 3 is 2.69 bits per heavy atom. The van der Waals surface area contributed by atoms with Crippen LogP contribution in [0.4, 0.5) is 0 Å². The number of methoxy groups -OCH3 is 1. The second-order valence-electron chi connectivity index (χ2n) is 3.46. The second-order valence-corrected chi connectivity index (χ2v) is 3.46. The van der Waals surface area contributed by atoms with E-state index in [-0.39, 0.29) is 0 Å². The molecular formula is C12H15O4. The Labute approximate surface area is 95.1 Å². The molecule has 16 heavy (non-hydrogen) atoms. The highest BCUT2D eigenvalue weighted by atomic mass is 17.2. The molecule has 4 nitrogen and oxygen atoms in total. The first-order chi connectivity index (χ1) is 7.63. The summed E-state index contributed by atoms with van der Waals surface area (Å²) in [5.74, 6) is -0.515. The normalized spacial score (nSPS) is 10.5. The van der Waals surface area contributed by atoms with E-state index in [1.54, 1.807) is 25.1 Å². The first-order valence-electron chi connectivity index (χ1n) is 4.90. The van der Waals surface area contributed by atoms with E-state index in [0.717, 1.165) is 5.56 Å². The summed E-state index contributed by atoms with van der Waals surface area (Å²) < 4.78 is 4.81. The summed E-state index contributed by atoms with van der Waals surface area (Å²) in [6.45, 7) is 3.87. The zero-order valence-corrected chi connectivity index (χ0v) is 9.65. The number of aryl methyl sites for hydroxylation is 1. The lowest BCUT2D eigenvalue weighted by Crippen LogP contribution is -2.11. The average Bonchev–Trinajstić information content (AvgIpc) is 2.26. The maximum absolute atomic E-state index is 11.5. The second kappa shape index (κ2) is 6.25. The van der Waals surface area contributed by atoms with Gasteiger partial charge in [0.1, 0.15) is 0 Å². The molecular weight excluding hydrogens is 208 g/mol. The molecule has 0 aliphatic rings. The van der Waals surface area contributed by atoms with Crippen molar-refractivity contribution in [3.8, 4) is 0 Å². The Balaban J connectivity index is 2.47. The summed E-state index contributed by atoms with van der Waals surface area (Å²) in [5.41, 5.74) is 1.46. The van der Waals surface area contributed by atoms with Crippen molar-refractivity contribution in [3.63, 3.8) is 0 Å². The molecule has 0 heterocycles. The minimum Gasteiger partial charge on any atom is -0.381 e. The molecule has 0 unspecified atom stereocenters. The maximum atomic E-state index is 11.5. The smallest absolute Gasteiger partial charge is 0.373 e. The molecule has 0 aliphatic heterocycles. The van der Waals surface area contributed by atoms with Crippen molar-refractivity contribution in [2.75, 3.05) is 13.7 Å². The molecule has 0 bridgehead atoms. The maximum Gasteiger partial charge on any atom is 0.373 e. The van der Waals surface area contributed by atoms with Gasteiger partial charge in [-0.3, -0.25) is 4.89 Å². The minimum atomic E-state index is -0.515. The van der Waals surface area contributed by atoms with Crippen LogP contribution >= 0.6 is 0 Å². The van der Waals surface area contributed by atoms with E-state index in [0.29, 0.717) is 18.3 Å². The molecule has 0 spiro atoms. The van der Waals surface area contributed by atoms with Crippen molar-refractivity contribution in [1.82, 2.24) is 0 Å². The Kier molecular flexibility index (Phi) is 4.95. The number of benzene rings is 1. The molecule has 0 atom stereocenters. The van der Waals surface area contributed by atoms with E-state index < -0.39 is 5.97 Å². The largest absolute Gasteiger partial charge is 0.381 e. The third kappa shape index (κ3) is 4.00. The first kappa shape index (κ1) is 12.7. The van der Waals surface area contributed by atoms with Crippen LogP contribution in [0, 0.1) is 13.0 Å². The van der Waals surface area contributed by atoms with Crippen molar-refractivity contribution < 1.29 is 19.3 Å². The van der Waals surface area contributed by atoms with Crippen molar-refractivity contribution in [3.05, 3.63) is 41.5 Å². The fourth-order valence-corrected chi connectivity index (χ4v) is 1.16. The topological polar surface area (TPSA) is 44.8 Å². The lowest BCUT2D eigenvalue weighted by molar-refractivity contribution is -0.237. The lowest BCUT2D eigenvalue weighted by atomic mass is 10.1. The number of carbonyl (C=O) groups excluding carboxylic acids is 1. The van der Waals surface area contributed by atoms with Gasteiger partial charge in [-0.2, -0.15) is 4.89 Å². The van der Waals surface area contributed by atoms with Gasteiger partial charge >= 0.3 is 5.97 Å². The Morgan fingerprint density at radius 2 is 2.06 bits per heavy atom. The standard InChI is InChI=1S/C12H15O4/c1-9-5-4-6-11(7-9)12(13)16-15-10(2)8-14-3/h4-7H,8H2,1-3H3. The fourth-order valence-electron chi connectivity index (χ4n) is 1.16. The molecule has 0 aliphatic carbocycles. The molecule has 0 fully saturated rings. The zero-order valence-electron chi connectivity index (χ0n) is 9.65. The number of hydrogen-bond donors (Lipinski definition) is 0. The summed E-state index contributed by atoms with van der Waals surface area (Å²) in [6.07, 6.45) is 0.489. The molecule has 1 aromatic carbocycles. The van der Waals surface area contributed by atoms with Crippen molar-refractivity contribution >= 4 is 5.97 Å². The summed E-state index contributed by atoms with van der Waals surface area (Å²) in [4.78, 5) is 20.9. The first-order valence-corrected chi connectivity index (χ1v) is 4.90. The van der Waals surface area contributed by atoms with Gasteiger partial charge in [0.25, 0.3) is 0 Å². The number of ether oxygens (including phenoxy) is 1. The molecule has 1 radical (unpaired) electrons. The van der Waals surface area contributed by atoms with E-state index in [2.05, 4.69) is 4.89 Å². The quantitative estimate of drug-likeness (QED) is 0.567. The SMILES string of the molecule is COC[C](C)OOC(=O)c1cccc(C)c1. The summed E-state index contributed by atoms with van der Waals surface area (Å²) >= 11 is 0. The van der Waals surface area contributed by atoms with Gasteiger partial charge in [-0.1, -0.05) is 17.7 Å². The number of hydrogen-bond acceptors (Lipinski definition) is 4. The molecule has 0 N–H and O–H groups in total. The van der Waals surface area contributed by atoms with Gasteiger partial charge in [-0.15, -0.1) is 0 Å². The molecule has 0 aromatic heterocycles. The summed E-state index contributed by atoms with van der Waals surface area (Å²) in [5, 5.41) is 0. The Morgan fingerprint density at radius 1 is 1.31 bits per heavy atom. The van der Waals surface area contributed by atoms with Gasteiger partial charge in [-0.05, 0) is 26.0 Å². The molecule has 0 amide bonds. The molecule has 4 heteroatoms. The predicted molar refractivity (Wildman–Crippen MR) is 58.5 cm³/mol. The molecule has 0 saturated heterocycles. The zero-order chi connectivity index (χ0) is 12.0. The van der Waals surface area contributed by atoms with Gasteiger partial charge in [0.05, 0.1) is 12.2 Å². The van der Waals surface area contributed by atoms with Crippen LogP contribution in [-0.4, -0.2) is 19.7 Å². The molecule has 87 valence electrons. The lowest BCUT2D eigenvalue weighted by Gasteiger charge is -2.08. The van der Waals surface area contributed by atoms with Crippen LogP contribution in [0.5, 0.6) is 0 Å². The van der Waals surface area contributed by atoms with Crippen LogP contribution in [0.1, 0.15) is 22.8 Å². The van der Waals surface area contributed by atoms with Crippen LogP contribution < -0.4 is 0 Å². The third-order valence-electron chi connectivity index (χ3n) is 1.86. The molecule has 1 rings (SSSR count). The van der Waals surface area contributed by atoms with Crippen LogP contribution in [0.25, 0.3) is 0 Å². The minimum absolute atomic E-state index is 0.293. The van der Waals surface area contributed by atoms with Crippen LogP contribution in [0.15, 0.2) is 24.3 Å². The molecule has 1 aromatic rings. The van der Waals surface area contributed by atoms with E-state index >= 15 is 0 Å². The summed E-state index contributed by atoms with van der Waals surface area (Å²) in [7, 11) is 1.54. The third-order valence-corrected chi connectivity index (χ3v) is 1.86. The van der Waals surface area contributed by atoms with Gasteiger partial charge < -0.3 is 4.74 Å². The highest BCUT2D eigenvalue weighted by molar-refractivity contribution is 5.89. The predicted octanol–water partition coefficient (Wildman–Crippen LogP) is 2.28. The van der Waals surface area contributed by atoms with Crippen LogP contribution in [0.3, 0.4) is 0 Å². The van der Waals surface area contributed by atoms with E-state index in [9.17, 15) is 4.79 Å². The van der Waals surface area contributed by atoms with Crippen molar-refractivity contribution in [2.45, 2.75) is 13.8 Å². The molecule has 0 saturated carbocycles. The number of carbonyl (C=O) groups is 1. The average molecular weight is 223 g/mol. The highest BCUT2D eigenvalue weighted by Crippen LogP contribution is 2.08. The van der Waals surface area contributed by atoms with Gasteiger partial charge in [0.15, 0.2) is 6.10 Å². The van der Waals surface area contributed by atoms with Gasteiger partial charge in [0.2, 0.25) is 0 Å². The van der Waals surface area contributed by atoms with Crippen molar-refractivity contribution in [1.29, 1.82) is 0 Å². The van der Waals surface area contributed by atoms with Crippen LogP contribution in [0.2, 0.25) is 0 Å². The van der Waals surface area contributed by atoms with E-state index in [1.165, 1.54) is 7.11 Å². The van der Waals surface area contributed by atoms with Gasteiger partial charge in [-0.25, -0.2) is 4.79 Å². The summed E-state index contributed by atoms with van der Waals surface area (Å²) in [6, 6.07) is 7.10. The van der Waals surface area contributed by atoms with Gasteiger partial charge in [0, 0.05) is 7.11 Å². The van der Waals surface area contributed by atoms with Crippen LogP contribution in [-0.2, 0) is 14.5 Å².